The van der Waals surface area contributed by atoms with E-state index in [1.807, 2.05) is 0 Å². The minimum absolute atomic E-state index is 0. The summed E-state index contributed by atoms with van der Waals surface area (Å²) >= 11 is 0. The zero-order valence-electron chi connectivity index (χ0n) is 11.0. The van der Waals surface area contributed by atoms with E-state index in [0.29, 0.717) is 0 Å². The number of hydrogen-bond donors (Lipinski definition) is 0. The van der Waals surface area contributed by atoms with Gasteiger partial charge < -0.3 is 13.8 Å². The fraction of sp³-hybridized carbons (Fsp3) is 0.333. The molecule has 0 bridgehead atoms. The first-order valence-corrected chi connectivity index (χ1v) is 7.07. The predicted octanol–water partition coefficient (Wildman–Crippen LogP) is 0.330. The fourth-order valence-electron chi connectivity index (χ4n) is 0.771. The van der Waals surface area contributed by atoms with E-state index >= 15 is 0 Å². The van der Waals surface area contributed by atoms with Gasteiger partial charge in [0.25, 0.3) is 0 Å². The average molecular weight is 266 g/mol. The van der Waals surface area contributed by atoms with E-state index in [4.69, 9.17) is 0 Å². The van der Waals surface area contributed by atoms with Crippen molar-refractivity contribution in [1.82, 2.24) is 0 Å². The Bertz CT molecular complexity index is 178. The molecule has 0 radical (unpaired) electrons. The van der Waals surface area contributed by atoms with Crippen LogP contribution in [0.4, 0.5) is 0 Å². The molecule has 0 amide bonds. The largest absolute Gasteiger partial charge is 2.00 e. The van der Waals surface area contributed by atoms with Gasteiger partial charge in [-0.25, -0.2) is 0 Å². The first-order chi connectivity index (χ1) is 6.30. The van der Waals surface area contributed by atoms with Crippen LogP contribution in [0.5, 0.6) is 0 Å². The van der Waals surface area contributed by atoms with Crippen molar-refractivity contribution < 1.29 is 38.3 Å². The van der Waals surface area contributed by atoms with Gasteiger partial charge in [-0.1, -0.05) is 30.3 Å². The summed E-state index contributed by atoms with van der Waals surface area (Å²) in [5.74, 6) is 0. The molecule has 0 unspecified atom stereocenters. The maximum absolute atomic E-state index is 3.25. The second kappa shape index (κ2) is 20.1. The van der Waals surface area contributed by atoms with Crippen LogP contribution < -0.4 is 24.0 Å². The summed E-state index contributed by atoms with van der Waals surface area (Å²) < 4.78 is 0. The van der Waals surface area contributed by atoms with Crippen molar-refractivity contribution in [3.05, 3.63) is 44.2 Å². The van der Waals surface area contributed by atoms with E-state index in [9.17, 15) is 0 Å². The van der Waals surface area contributed by atoms with Crippen LogP contribution in [-0.4, -0.2) is 8.80 Å². The first kappa shape index (κ1) is 24.8. The Morgan fingerprint density at radius 1 is 0.867 bits per heavy atom. The van der Waals surface area contributed by atoms with Crippen LogP contribution in [0.3, 0.4) is 0 Å². The van der Waals surface area contributed by atoms with E-state index in [2.05, 4.69) is 57.3 Å². The second-order valence-electron chi connectivity index (χ2n) is 2.37. The molecule has 0 N–H and O–H groups in total. The van der Waals surface area contributed by atoms with Gasteiger partial charge in [-0.2, -0.15) is 32.1 Å². The van der Waals surface area contributed by atoms with Crippen LogP contribution in [0.2, 0.25) is 13.1 Å². The molecule has 0 aliphatic heterocycles. The topological polar surface area (TPSA) is 0 Å². The fourth-order valence-corrected chi connectivity index (χ4v) is 1.63. The molecule has 1 rings (SSSR count). The maximum Gasteiger partial charge on any atom is 2.00 e. The van der Waals surface area contributed by atoms with Gasteiger partial charge in [-0.3, -0.25) is 8.80 Å². The Kier molecular flexibility index (Phi) is 33.2. The summed E-state index contributed by atoms with van der Waals surface area (Å²) in [5.41, 5.74) is 0. The monoisotopic (exact) mass is 264 g/mol. The zero-order valence-corrected chi connectivity index (χ0v) is 15.0. The molecular weight excluding hydrogens is 245 g/mol. The molecule has 15 heavy (non-hydrogen) atoms. The standard InChI is InChI=1S/C8H11Si.2C2H5.Li.Zn/c1-9(2)8-6-4-3-5-7-8;2*1-2;;/h3-7H,1-2H3;2*1H2,2H3;;/q3*-1;+1;+2. The molecular formula is C12H21LiSiZn. The third-order valence-corrected chi connectivity index (χ3v) is 2.84. The van der Waals surface area contributed by atoms with E-state index in [0.717, 1.165) is 0 Å². The number of hydrogen-bond acceptors (Lipinski definition) is 0. The van der Waals surface area contributed by atoms with E-state index in [1.165, 1.54) is 5.19 Å². The second-order valence-corrected chi connectivity index (χ2v) is 4.94. The molecule has 0 nitrogen and oxygen atoms in total. The Morgan fingerprint density at radius 2 is 1.20 bits per heavy atom. The van der Waals surface area contributed by atoms with Gasteiger partial charge in [-0.05, 0) is 0 Å². The Balaban J connectivity index is -0.0000000910. The molecule has 0 spiro atoms. The summed E-state index contributed by atoms with van der Waals surface area (Å²) in [6, 6.07) is 10.7. The smallest absolute Gasteiger partial charge is 0.346 e. The minimum Gasteiger partial charge on any atom is -0.346 e. The van der Waals surface area contributed by atoms with Crippen molar-refractivity contribution in [2.75, 3.05) is 0 Å². The van der Waals surface area contributed by atoms with Gasteiger partial charge in [0.1, 0.15) is 0 Å². The van der Waals surface area contributed by atoms with Crippen LogP contribution in [0.15, 0.2) is 30.3 Å². The molecule has 0 aromatic heterocycles. The summed E-state index contributed by atoms with van der Waals surface area (Å²) in [5, 5.41) is 1.52. The van der Waals surface area contributed by atoms with Crippen molar-refractivity contribution in [3.8, 4) is 0 Å². The molecule has 0 atom stereocenters. The molecule has 0 saturated carbocycles. The molecule has 0 saturated heterocycles. The van der Waals surface area contributed by atoms with Crippen molar-refractivity contribution in [2.24, 2.45) is 0 Å². The molecule has 3 heteroatoms. The minimum atomic E-state index is -0.212. The van der Waals surface area contributed by atoms with Gasteiger partial charge in [-0.15, -0.1) is 0 Å². The molecule has 0 heterocycles. The molecule has 76 valence electrons. The number of rotatable bonds is 1. The number of benzene rings is 1. The van der Waals surface area contributed by atoms with E-state index in [-0.39, 0.29) is 47.1 Å². The SMILES string of the molecule is C[Si-](C)c1ccccc1.[CH2-]C.[CH2-]C.[Li+].[Zn+2]. The summed E-state index contributed by atoms with van der Waals surface area (Å²) in [6.45, 7) is 14.6. The maximum atomic E-state index is 3.25. The van der Waals surface area contributed by atoms with E-state index < -0.39 is 0 Å². The zero-order chi connectivity index (χ0) is 10.7. The van der Waals surface area contributed by atoms with Crippen LogP contribution in [-0.2, 0) is 19.5 Å². The summed E-state index contributed by atoms with van der Waals surface area (Å²) in [6.07, 6.45) is 0. The van der Waals surface area contributed by atoms with Crippen molar-refractivity contribution in [1.29, 1.82) is 0 Å². The van der Waals surface area contributed by atoms with Crippen LogP contribution in [0.25, 0.3) is 0 Å². The molecule has 0 aliphatic carbocycles. The molecule has 0 fully saturated rings. The Labute approximate surface area is 123 Å². The third-order valence-electron chi connectivity index (χ3n) is 1.35. The van der Waals surface area contributed by atoms with Gasteiger partial charge in [0, 0.05) is 0 Å². The summed E-state index contributed by atoms with van der Waals surface area (Å²) in [4.78, 5) is 0. The normalized spacial score (nSPS) is 6.27. The quantitative estimate of drug-likeness (QED) is 0.507. The molecule has 1 aromatic carbocycles. The Morgan fingerprint density at radius 3 is 1.40 bits per heavy atom. The average Bonchev–Trinajstić information content (AvgIpc) is 2.25. The van der Waals surface area contributed by atoms with Gasteiger partial charge in [0.15, 0.2) is 0 Å². The van der Waals surface area contributed by atoms with Crippen molar-refractivity contribution >= 4 is 14.0 Å². The molecule has 1 aromatic rings. The molecule has 0 aliphatic rings. The summed E-state index contributed by atoms with van der Waals surface area (Å²) in [7, 11) is -0.212. The Hall–Kier alpha value is 0.658. The van der Waals surface area contributed by atoms with Gasteiger partial charge in [0.2, 0.25) is 0 Å². The predicted molar refractivity (Wildman–Crippen MR) is 65.6 cm³/mol. The van der Waals surface area contributed by atoms with Crippen molar-refractivity contribution in [2.45, 2.75) is 26.9 Å². The van der Waals surface area contributed by atoms with Crippen molar-refractivity contribution in [3.63, 3.8) is 0 Å². The van der Waals surface area contributed by atoms with Crippen LogP contribution in [0.1, 0.15) is 13.8 Å². The third kappa shape index (κ3) is 14.7. The van der Waals surface area contributed by atoms with Gasteiger partial charge in [0.05, 0.1) is 0 Å². The van der Waals surface area contributed by atoms with E-state index in [1.54, 1.807) is 13.8 Å². The van der Waals surface area contributed by atoms with Crippen LogP contribution >= 0.6 is 0 Å². The van der Waals surface area contributed by atoms with Gasteiger partial charge >= 0.3 is 38.3 Å². The first-order valence-electron chi connectivity index (χ1n) is 4.57. The van der Waals surface area contributed by atoms with Crippen LogP contribution in [0, 0.1) is 13.8 Å².